The van der Waals surface area contributed by atoms with Crippen molar-refractivity contribution in [1.82, 2.24) is 15.1 Å². The van der Waals surface area contributed by atoms with Crippen LogP contribution < -0.4 is 5.32 Å². The van der Waals surface area contributed by atoms with Crippen molar-refractivity contribution in [2.45, 2.75) is 62.9 Å². The molecule has 1 amide bonds. The lowest BCUT2D eigenvalue weighted by Crippen LogP contribution is -2.45. The average molecular weight is 497 g/mol. The van der Waals surface area contributed by atoms with E-state index in [4.69, 9.17) is 4.74 Å². The molecular formula is C26H32N4O4S. The normalized spacial score (nSPS) is 25.8. The van der Waals surface area contributed by atoms with E-state index in [9.17, 15) is 13.2 Å². The number of carbonyl (C=O) groups excluding carboxylic acids is 1. The number of amides is 1. The molecule has 0 bridgehead atoms. The minimum atomic E-state index is -3.71. The zero-order chi connectivity index (χ0) is 24.6. The first-order valence-corrected chi connectivity index (χ1v) is 13.7. The Labute approximate surface area is 207 Å². The molecule has 3 aliphatic rings. The Bertz CT molecular complexity index is 1220. The monoisotopic (exact) mass is 496 g/mol. The Morgan fingerprint density at radius 2 is 1.74 bits per heavy atom. The summed E-state index contributed by atoms with van der Waals surface area (Å²) in [4.78, 5) is 17.5. The Balaban J connectivity index is 1.20. The SMILES string of the molecule is CC1CN(Cc2ccc(CNC(=O)[C@@H]3CCCN3C3=NS(=O)(=O)c4ccccc43)cc2)CC(C)O1. The highest BCUT2D eigenvalue weighted by Gasteiger charge is 2.39. The number of rotatable bonds is 5. The fourth-order valence-corrected chi connectivity index (χ4v) is 6.55. The third-order valence-corrected chi connectivity index (χ3v) is 8.16. The summed E-state index contributed by atoms with van der Waals surface area (Å²) in [5.74, 6) is 0.279. The number of carbonyl (C=O) groups is 1. The highest BCUT2D eigenvalue weighted by molar-refractivity contribution is 7.90. The van der Waals surface area contributed by atoms with Crippen molar-refractivity contribution in [2.75, 3.05) is 19.6 Å². The number of nitrogens with zero attached hydrogens (tertiary/aromatic N) is 3. The van der Waals surface area contributed by atoms with Crippen molar-refractivity contribution < 1.29 is 17.9 Å². The summed E-state index contributed by atoms with van der Waals surface area (Å²) in [6.07, 6.45) is 1.97. The van der Waals surface area contributed by atoms with Gasteiger partial charge < -0.3 is 15.0 Å². The van der Waals surface area contributed by atoms with Crippen LogP contribution in [0.5, 0.6) is 0 Å². The molecule has 0 aromatic heterocycles. The molecule has 0 radical (unpaired) electrons. The van der Waals surface area contributed by atoms with Gasteiger partial charge in [-0.1, -0.05) is 36.4 Å². The van der Waals surface area contributed by atoms with Crippen LogP contribution in [-0.2, 0) is 32.6 Å². The molecule has 35 heavy (non-hydrogen) atoms. The Hall–Kier alpha value is -2.75. The van der Waals surface area contributed by atoms with Gasteiger partial charge in [0.2, 0.25) is 5.91 Å². The second kappa shape index (κ2) is 9.72. The average Bonchev–Trinajstić information content (AvgIpc) is 3.41. The number of morpholine rings is 1. The van der Waals surface area contributed by atoms with Crippen LogP contribution in [0.2, 0.25) is 0 Å². The predicted molar refractivity (Wildman–Crippen MR) is 133 cm³/mol. The van der Waals surface area contributed by atoms with Gasteiger partial charge in [0.1, 0.15) is 10.9 Å². The number of nitrogens with one attached hydrogen (secondary N) is 1. The number of fused-ring (bicyclic) bond motifs is 1. The van der Waals surface area contributed by atoms with Crippen molar-refractivity contribution in [3.63, 3.8) is 0 Å². The van der Waals surface area contributed by atoms with Crippen LogP contribution in [0.15, 0.2) is 57.8 Å². The summed E-state index contributed by atoms with van der Waals surface area (Å²) in [5, 5.41) is 3.04. The summed E-state index contributed by atoms with van der Waals surface area (Å²) >= 11 is 0. The number of ether oxygens (including phenoxy) is 1. The lowest BCUT2D eigenvalue weighted by molar-refractivity contribution is -0.124. The second-order valence-electron chi connectivity index (χ2n) is 9.72. The fourth-order valence-electron chi connectivity index (χ4n) is 5.33. The van der Waals surface area contributed by atoms with Gasteiger partial charge in [0.25, 0.3) is 10.0 Å². The maximum Gasteiger partial charge on any atom is 0.285 e. The number of hydrogen-bond acceptors (Lipinski definition) is 6. The van der Waals surface area contributed by atoms with E-state index < -0.39 is 16.1 Å². The number of sulfonamides is 1. The van der Waals surface area contributed by atoms with Crippen LogP contribution in [0, 0.1) is 0 Å². The van der Waals surface area contributed by atoms with E-state index in [-0.39, 0.29) is 23.0 Å². The molecular weight excluding hydrogens is 464 g/mol. The zero-order valence-corrected chi connectivity index (χ0v) is 21.0. The molecule has 0 saturated carbocycles. The lowest BCUT2D eigenvalue weighted by Gasteiger charge is -2.35. The van der Waals surface area contributed by atoms with Crippen LogP contribution in [-0.4, -0.2) is 67.8 Å². The third-order valence-electron chi connectivity index (χ3n) is 6.83. The first-order chi connectivity index (χ1) is 16.8. The standard InChI is InChI=1S/C26H32N4O4S/c1-18-15-29(16-19(2)34-18)17-21-11-9-20(10-12-21)14-27-26(31)23-7-5-13-30(23)25-22-6-3-4-8-24(22)35(32,33)28-25/h3-4,6,8-12,18-19,23H,5,7,13-17H2,1-2H3,(H,27,31)/t18?,19?,23-/m0/s1. The number of amidine groups is 1. The molecule has 2 aromatic rings. The van der Waals surface area contributed by atoms with E-state index in [0.29, 0.717) is 30.9 Å². The van der Waals surface area contributed by atoms with Crippen molar-refractivity contribution >= 4 is 21.8 Å². The molecule has 2 aromatic carbocycles. The molecule has 2 unspecified atom stereocenters. The maximum atomic E-state index is 13.1. The van der Waals surface area contributed by atoms with Crippen LogP contribution in [0.25, 0.3) is 0 Å². The molecule has 2 saturated heterocycles. The smallest absolute Gasteiger partial charge is 0.285 e. The molecule has 1 N–H and O–H groups in total. The molecule has 186 valence electrons. The van der Waals surface area contributed by atoms with Crippen LogP contribution in [0.1, 0.15) is 43.4 Å². The first-order valence-electron chi connectivity index (χ1n) is 12.2. The summed E-state index contributed by atoms with van der Waals surface area (Å²) in [7, 11) is -3.71. The molecule has 0 aliphatic carbocycles. The Morgan fingerprint density at radius 1 is 1.06 bits per heavy atom. The van der Waals surface area contributed by atoms with Gasteiger partial charge in [0.05, 0.1) is 12.2 Å². The first kappa shape index (κ1) is 24.0. The van der Waals surface area contributed by atoms with Crippen LogP contribution in [0.3, 0.4) is 0 Å². The Kier molecular flexibility index (Phi) is 6.65. The number of hydrogen-bond donors (Lipinski definition) is 1. The van der Waals surface area contributed by atoms with E-state index in [2.05, 4.69) is 52.7 Å². The van der Waals surface area contributed by atoms with Crippen LogP contribution in [0.4, 0.5) is 0 Å². The molecule has 9 heteroatoms. The number of likely N-dealkylation sites (tertiary alicyclic amines) is 1. The van der Waals surface area contributed by atoms with E-state index in [1.807, 2.05) is 4.90 Å². The van der Waals surface area contributed by atoms with Crippen molar-refractivity contribution in [1.29, 1.82) is 0 Å². The summed E-state index contributed by atoms with van der Waals surface area (Å²) in [5.41, 5.74) is 2.84. The fraction of sp³-hybridized carbons (Fsp3) is 0.462. The van der Waals surface area contributed by atoms with Gasteiger partial charge in [-0.25, -0.2) is 0 Å². The summed E-state index contributed by atoms with van der Waals surface area (Å²) < 4.78 is 34.8. The largest absolute Gasteiger partial charge is 0.373 e. The quantitative estimate of drug-likeness (QED) is 0.684. The van der Waals surface area contributed by atoms with Gasteiger partial charge in [-0.05, 0) is 49.9 Å². The Morgan fingerprint density at radius 3 is 2.49 bits per heavy atom. The number of benzene rings is 2. The topological polar surface area (TPSA) is 91.3 Å². The molecule has 3 heterocycles. The van der Waals surface area contributed by atoms with E-state index >= 15 is 0 Å². The van der Waals surface area contributed by atoms with E-state index in [1.165, 1.54) is 5.56 Å². The predicted octanol–water partition coefficient (Wildman–Crippen LogP) is 2.53. The minimum Gasteiger partial charge on any atom is -0.373 e. The van der Waals surface area contributed by atoms with Gasteiger partial charge in [0.15, 0.2) is 5.84 Å². The van der Waals surface area contributed by atoms with E-state index in [1.54, 1.807) is 24.3 Å². The molecule has 8 nitrogen and oxygen atoms in total. The summed E-state index contributed by atoms with van der Waals surface area (Å²) in [6.45, 7) is 7.99. The van der Waals surface area contributed by atoms with Gasteiger partial charge in [0, 0.05) is 38.3 Å². The molecule has 0 spiro atoms. The van der Waals surface area contributed by atoms with Gasteiger partial charge in [-0.15, -0.1) is 4.40 Å². The molecule has 5 rings (SSSR count). The highest BCUT2D eigenvalue weighted by Crippen LogP contribution is 2.31. The minimum absolute atomic E-state index is 0.104. The van der Waals surface area contributed by atoms with Gasteiger partial charge >= 0.3 is 0 Å². The van der Waals surface area contributed by atoms with Gasteiger partial charge in [-0.3, -0.25) is 9.69 Å². The van der Waals surface area contributed by atoms with Gasteiger partial charge in [-0.2, -0.15) is 8.42 Å². The highest BCUT2D eigenvalue weighted by atomic mass is 32.2. The lowest BCUT2D eigenvalue weighted by atomic mass is 10.1. The molecule has 2 fully saturated rings. The van der Waals surface area contributed by atoms with E-state index in [0.717, 1.165) is 31.6 Å². The molecule has 3 aliphatic heterocycles. The second-order valence-corrected chi connectivity index (χ2v) is 11.3. The molecule has 3 atom stereocenters. The van der Waals surface area contributed by atoms with Crippen molar-refractivity contribution in [3.8, 4) is 0 Å². The van der Waals surface area contributed by atoms with Crippen LogP contribution >= 0.6 is 0 Å². The third kappa shape index (κ3) is 5.12. The maximum absolute atomic E-state index is 13.1. The van der Waals surface area contributed by atoms with Crippen molar-refractivity contribution in [3.05, 3.63) is 65.2 Å². The summed E-state index contributed by atoms with van der Waals surface area (Å²) in [6, 6.07) is 14.7. The van der Waals surface area contributed by atoms with Crippen molar-refractivity contribution in [2.24, 2.45) is 4.40 Å². The zero-order valence-electron chi connectivity index (χ0n) is 20.2.